The van der Waals surface area contributed by atoms with Crippen LogP contribution in [-0.2, 0) is 10.0 Å². The van der Waals surface area contributed by atoms with Gasteiger partial charge in [-0.25, -0.2) is 17.8 Å². The summed E-state index contributed by atoms with van der Waals surface area (Å²) in [4.78, 5) is 16.9. The predicted octanol–water partition coefficient (Wildman–Crippen LogP) is 3.48. The number of ether oxygens (including phenoxy) is 1. The summed E-state index contributed by atoms with van der Waals surface area (Å²) in [5, 5.41) is 2.95. The first-order valence-corrected chi connectivity index (χ1v) is 11.2. The third-order valence-electron chi connectivity index (χ3n) is 4.68. The number of carbonyl (C=O) groups excluding carboxylic acids is 1. The third kappa shape index (κ3) is 3.83. The standard InChI is InChI=1S/C19H18FN3O4S2/c1-27-15-7-4-12(10-17(15)29(25,26)23-8-2-3-9-23)18(24)22-19-21-14-6-5-13(20)11-16(14)28-19/h4-7,10-11H,2-3,8-9H2,1H3,(H,21,22,24). The second-order valence-electron chi connectivity index (χ2n) is 6.56. The first-order valence-electron chi connectivity index (χ1n) is 8.94. The molecule has 29 heavy (non-hydrogen) atoms. The molecule has 3 aromatic rings. The maximum atomic E-state index is 13.3. The van der Waals surface area contributed by atoms with Crippen LogP contribution in [0.2, 0.25) is 0 Å². The Labute approximate surface area is 171 Å². The number of anilines is 1. The number of sulfonamides is 1. The molecule has 1 aromatic heterocycles. The summed E-state index contributed by atoms with van der Waals surface area (Å²) >= 11 is 1.14. The highest BCUT2D eigenvalue weighted by atomic mass is 32.2. The highest BCUT2D eigenvalue weighted by Crippen LogP contribution is 2.31. The molecule has 0 spiro atoms. The summed E-state index contributed by atoms with van der Waals surface area (Å²) < 4.78 is 46.5. The zero-order valence-corrected chi connectivity index (χ0v) is 17.1. The van der Waals surface area contributed by atoms with Crippen LogP contribution in [0.3, 0.4) is 0 Å². The molecule has 1 saturated heterocycles. The fourth-order valence-electron chi connectivity index (χ4n) is 3.21. The molecule has 1 aliphatic heterocycles. The van der Waals surface area contributed by atoms with Gasteiger partial charge in [-0.15, -0.1) is 0 Å². The minimum absolute atomic E-state index is 0.0408. The van der Waals surface area contributed by atoms with Crippen molar-refractivity contribution in [2.24, 2.45) is 0 Å². The van der Waals surface area contributed by atoms with Crippen LogP contribution in [0.15, 0.2) is 41.3 Å². The van der Waals surface area contributed by atoms with Crippen LogP contribution < -0.4 is 10.1 Å². The van der Waals surface area contributed by atoms with Gasteiger partial charge in [0.1, 0.15) is 16.5 Å². The molecule has 0 unspecified atom stereocenters. The van der Waals surface area contributed by atoms with Crippen LogP contribution in [-0.4, -0.2) is 43.8 Å². The van der Waals surface area contributed by atoms with Crippen molar-refractivity contribution in [2.75, 3.05) is 25.5 Å². The van der Waals surface area contributed by atoms with Crippen LogP contribution in [0.4, 0.5) is 9.52 Å². The van der Waals surface area contributed by atoms with Crippen molar-refractivity contribution in [1.82, 2.24) is 9.29 Å². The number of methoxy groups -OCH3 is 1. The lowest BCUT2D eigenvalue weighted by molar-refractivity contribution is 0.102. The first-order chi connectivity index (χ1) is 13.9. The van der Waals surface area contributed by atoms with Crippen molar-refractivity contribution in [3.8, 4) is 5.75 Å². The van der Waals surface area contributed by atoms with Gasteiger partial charge in [-0.05, 0) is 49.2 Å². The molecule has 7 nitrogen and oxygen atoms in total. The summed E-state index contributed by atoms with van der Waals surface area (Å²) in [6, 6.07) is 8.44. The number of fused-ring (bicyclic) bond motifs is 1. The molecule has 0 atom stereocenters. The molecule has 1 amide bonds. The summed E-state index contributed by atoms with van der Waals surface area (Å²) in [5.74, 6) is -0.708. The van der Waals surface area contributed by atoms with Gasteiger partial charge < -0.3 is 4.74 Å². The minimum atomic E-state index is -3.76. The van der Waals surface area contributed by atoms with Crippen LogP contribution in [0, 0.1) is 5.82 Å². The minimum Gasteiger partial charge on any atom is -0.495 e. The molecule has 1 aliphatic rings. The Kier molecular flexibility index (Phi) is 5.24. The lowest BCUT2D eigenvalue weighted by atomic mass is 10.2. The molecule has 0 saturated carbocycles. The normalized spacial score (nSPS) is 15.0. The Morgan fingerprint density at radius 3 is 2.69 bits per heavy atom. The van der Waals surface area contributed by atoms with Crippen molar-refractivity contribution in [3.05, 3.63) is 47.8 Å². The fraction of sp³-hybridized carbons (Fsp3) is 0.263. The topological polar surface area (TPSA) is 88.6 Å². The van der Waals surface area contributed by atoms with Gasteiger partial charge in [0.15, 0.2) is 5.13 Å². The second-order valence-corrected chi connectivity index (χ2v) is 9.50. The number of hydrogen-bond acceptors (Lipinski definition) is 6. The molecular weight excluding hydrogens is 417 g/mol. The van der Waals surface area contributed by atoms with E-state index in [1.807, 2.05) is 0 Å². The third-order valence-corrected chi connectivity index (χ3v) is 7.53. The largest absolute Gasteiger partial charge is 0.495 e. The Morgan fingerprint density at radius 2 is 1.97 bits per heavy atom. The van der Waals surface area contributed by atoms with E-state index in [1.54, 1.807) is 0 Å². The second kappa shape index (κ2) is 7.69. The van der Waals surface area contributed by atoms with Crippen molar-refractivity contribution < 1.29 is 22.3 Å². The van der Waals surface area contributed by atoms with Crippen LogP contribution in [0.1, 0.15) is 23.2 Å². The van der Waals surface area contributed by atoms with Gasteiger partial charge in [-0.1, -0.05) is 11.3 Å². The number of hydrogen-bond donors (Lipinski definition) is 1. The average Bonchev–Trinajstić information content (AvgIpc) is 3.37. The highest BCUT2D eigenvalue weighted by molar-refractivity contribution is 7.89. The van der Waals surface area contributed by atoms with E-state index in [1.165, 1.54) is 47.8 Å². The van der Waals surface area contributed by atoms with Crippen LogP contribution >= 0.6 is 11.3 Å². The van der Waals surface area contributed by atoms with Gasteiger partial charge in [0, 0.05) is 18.7 Å². The van der Waals surface area contributed by atoms with Crippen LogP contribution in [0.5, 0.6) is 5.75 Å². The van der Waals surface area contributed by atoms with E-state index < -0.39 is 15.9 Å². The molecule has 152 valence electrons. The molecule has 10 heteroatoms. The Bertz CT molecular complexity index is 1190. The van der Waals surface area contributed by atoms with Crippen molar-refractivity contribution in [1.29, 1.82) is 0 Å². The molecule has 1 fully saturated rings. The Morgan fingerprint density at radius 1 is 1.21 bits per heavy atom. The van der Waals surface area contributed by atoms with Crippen molar-refractivity contribution >= 4 is 42.6 Å². The lowest BCUT2D eigenvalue weighted by Gasteiger charge is -2.18. The van der Waals surface area contributed by atoms with Crippen molar-refractivity contribution in [3.63, 3.8) is 0 Å². The van der Waals surface area contributed by atoms with Gasteiger partial charge in [0.05, 0.1) is 17.3 Å². The highest BCUT2D eigenvalue weighted by Gasteiger charge is 2.30. The lowest BCUT2D eigenvalue weighted by Crippen LogP contribution is -2.28. The van der Waals surface area contributed by atoms with Gasteiger partial charge in [-0.2, -0.15) is 4.31 Å². The maximum absolute atomic E-state index is 13.3. The van der Waals surface area contributed by atoms with Gasteiger partial charge in [0.2, 0.25) is 10.0 Å². The molecule has 4 rings (SSSR count). The number of aromatic nitrogens is 1. The Balaban J connectivity index is 1.64. The fourth-order valence-corrected chi connectivity index (χ4v) is 5.79. The van der Waals surface area contributed by atoms with Crippen molar-refractivity contribution in [2.45, 2.75) is 17.7 Å². The first kappa shape index (κ1) is 19.7. The summed E-state index contributed by atoms with van der Waals surface area (Å²) in [5.41, 5.74) is 0.729. The van der Waals surface area contributed by atoms with E-state index in [0.29, 0.717) is 28.4 Å². The number of nitrogens with zero attached hydrogens (tertiary/aromatic N) is 2. The number of benzene rings is 2. The molecular formula is C19H18FN3O4S2. The zero-order valence-electron chi connectivity index (χ0n) is 15.5. The quantitative estimate of drug-likeness (QED) is 0.663. The van der Waals surface area contributed by atoms with Gasteiger partial charge in [0.25, 0.3) is 5.91 Å². The number of rotatable bonds is 5. The molecule has 2 heterocycles. The molecule has 0 aliphatic carbocycles. The van der Waals surface area contributed by atoms with E-state index in [4.69, 9.17) is 4.74 Å². The summed E-state index contributed by atoms with van der Waals surface area (Å²) in [6.45, 7) is 0.897. The van der Waals surface area contributed by atoms with Crippen LogP contribution in [0.25, 0.3) is 10.2 Å². The van der Waals surface area contributed by atoms with Gasteiger partial charge in [-0.3, -0.25) is 10.1 Å². The molecule has 2 aromatic carbocycles. The van der Waals surface area contributed by atoms with E-state index in [0.717, 1.165) is 24.2 Å². The maximum Gasteiger partial charge on any atom is 0.257 e. The van der Waals surface area contributed by atoms with E-state index in [9.17, 15) is 17.6 Å². The Hall–Kier alpha value is -2.56. The zero-order chi connectivity index (χ0) is 20.6. The number of halogens is 1. The summed E-state index contributed by atoms with van der Waals surface area (Å²) in [7, 11) is -2.37. The van der Waals surface area contributed by atoms with E-state index in [2.05, 4.69) is 10.3 Å². The molecule has 0 bridgehead atoms. The smallest absolute Gasteiger partial charge is 0.257 e. The molecule has 1 N–H and O–H groups in total. The average molecular weight is 436 g/mol. The number of nitrogens with one attached hydrogen (secondary N) is 1. The van der Waals surface area contributed by atoms with E-state index in [-0.39, 0.29) is 22.0 Å². The predicted molar refractivity (Wildman–Crippen MR) is 109 cm³/mol. The van der Waals surface area contributed by atoms with E-state index >= 15 is 0 Å². The SMILES string of the molecule is COc1ccc(C(=O)Nc2nc3ccc(F)cc3s2)cc1S(=O)(=O)N1CCCC1. The summed E-state index contributed by atoms with van der Waals surface area (Å²) in [6.07, 6.45) is 1.61. The van der Waals surface area contributed by atoms with Gasteiger partial charge >= 0.3 is 0 Å². The number of thiazole rings is 1. The number of carbonyl (C=O) groups is 1. The molecule has 0 radical (unpaired) electrons. The monoisotopic (exact) mass is 435 g/mol. The number of amides is 1.